The molecule has 14 aromatic rings. The van der Waals surface area contributed by atoms with Gasteiger partial charge in [-0.2, -0.15) is 0 Å². The lowest BCUT2D eigenvalue weighted by Crippen LogP contribution is -2.10. The van der Waals surface area contributed by atoms with Crippen molar-refractivity contribution in [2.24, 2.45) is 0 Å². The molecule has 3 nitrogen and oxygen atoms in total. The minimum atomic E-state index is 0.893. The van der Waals surface area contributed by atoms with E-state index in [1.165, 1.54) is 75.0 Å². The van der Waals surface area contributed by atoms with Crippen LogP contribution in [0.2, 0.25) is 0 Å². The first-order valence-electron chi connectivity index (χ1n) is 23.2. The van der Waals surface area contributed by atoms with Crippen molar-refractivity contribution in [3.05, 3.63) is 243 Å². The maximum atomic E-state index is 6.62. The quantitative estimate of drug-likeness (QED) is 0.159. The summed E-state index contributed by atoms with van der Waals surface area (Å²) in [4.78, 5) is 2.44. The van der Waals surface area contributed by atoms with Crippen molar-refractivity contribution in [3.8, 4) is 39.1 Å². The van der Waals surface area contributed by atoms with Gasteiger partial charge in [-0.3, -0.25) is 0 Å². The van der Waals surface area contributed by atoms with Crippen LogP contribution in [0.4, 0.5) is 17.1 Å². The van der Waals surface area contributed by atoms with E-state index in [1.807, 2.05) is 17.4 Å². The van der Waals surface area contributed by atoms with E-state index in [0.29, 0.717) is 0 Å². The van der Waals surface area contributed by atoms with Gasteiger partial charge in [-0.15, -0.1) is 11.3 Å². The number of fused-ring (bicyclic) bond motifs is 10. The summed E-state index contributed by atoms with van der Waals surface area (Å²) >= 11 is 1.87. The Morgan fingerprint density at radius 3 is 1.84 bits per heavy atom. The zero-order valence-electron chi connectivity index (χ0n) is 36.8. The summed E-state index contributed by atoms with van der Waals surface area (Å²) < 4.78 is 11.6. The van der Waals surface area contributed by atoms with Gasteiger partial charge in [0, 0.05) is 75.5 Å². The highest BCUT2D eigenvalue weighted by atomic mass is 32.1. The second-order valence-corrected chi connectivity index (χ2v) is 18.7. The number of thiophene rings is 1. The molecular weight excluding hydrogens is 845 g/mol. The maximum absolute atomic E-state index is 6.62. The molecule has 0 N–H and O–H groups in total. The predicted octanol–water partition coefficient (Wildman–Crippen LogP) is 18.7. The number of rotatable bonds is 7. The third-order valence-corrected chi connectivity index (χ3v) is 15.0. The molecule has 11 aromatic carbocycles. The molecule has 0 spiro atoms. The van der Waals surface area contributed by atoms with Crippen LogP contribution in [0.25, 0.3) is 114 Å². The van der Waals surface area contributed by atoms with E-state index in [0.717, 1.165) is 55.8 Å². The fraction of sp³-hybridized carbons (Fsp3) is 0. The smallest absolute Gasteiger partial charge is 0.143 e. The van der Waals surface area contributed by atoms with Gasteiger partial charge in [0.05, 0.1) is 16.7 Å². The molecule has 318 valence electrons. The molecule has 0 fully saturated rings. The molecule has 3 aromatic heterocycles. The van der Waals surface area contributed by atoms with Gasteiger partial charge in [0.25, 0.3) is 0 Å². The lowest BCUT2D eigenvalue weighted by molar-refractivity contribution is 0.670. The molecule has 3 heterocycles. The Morgan fingerprint density at radius 1 is 0.353 bits per heavy atom. The van der Waals surface area contributed by atoms with Gasteiger partial charge in [0.1, 0.15) is 11.2 Å². The van der Waals surface area contributed by atoms with E-state index in [4.69, 9.17) is 4.42 Å². The molecule has 0 atom stereocenters. The molecule has 0 saturated heterocycles. The SMILES string of the molecule is c1cc(-c2cccc3c2oc2ccccc23)cc(N(c2ccc(-c3ccc4ccccc4c3)cc2)c2cc(-c3ccccc3-n3c4ccccc4c4ccccc43)c3sc4ccccc4c3c2)c1. The van der Waals surface area contributed by atoms with Crippen molar-refractivity contribution < 1.29 is 4.42 Å². The van der Waals surface area contributed by atoms with Gasteiger partial charge in [-0.1, -0.05) is 170 Å². The van der Waals surface area contributed by atoms with Gasteiger partial charge in [-0.25, -0.2) is 0 Å². The summed E-state index contributed by atoms with van der Waals surface area (Å²) in [5.74, 6) is 0. The third-order valence-electron chi connectivity index (χ3n) is 13.8. The Balaban J connectivity index is 1.01. The van der Waals surface area contributed by atoms with E-state index in [1.54, 1.807) is 0 Å². The second kappa shape index (κ2) is 15.5. The number of benzene rings is 11. The van der Waals surface area contributed by atoms with E-state index in [-0.39, 0.29) is 0 Å². The molecule has 0 aliphatic rings. The largest absolute Gasteiger partial charge is 0.455 e. The maximum Gasteiger partial charge on any atom is 0.143 e. The van der Waals surface area contributed by atoms with Crippen molar-refractivity contribution in [2.75, 3.05) is 4.90 Å². The molecule has 0 amide bonds. The first-order valence-corrected chi connectivity index (χ1v) is 24.0. The first kappa shape index (κ1) is 38.6. The molecule has 0 aliphatic heterocycles. The molecule has 68 heavy (non-hydrogen) atoms. The van der Waals surface area contributed by atoms with Gasteiger partial charge in [-0.05, 0) is 100 Å². The Labute approximate surface area is 396 Å². The highest BCUT2D eigenvalue weighted by Crippen LogP contribution is 2.48. The molecule has 4 heteroatoms. The van der Waals surface area contributed by atoms with Gasteiger partial charge < -0.3 is 13.9 Å². The number of anilines is 3. The average Bonchev–Trinajstić information content (AvgIpc) is 4.09. The Morgan fingerprint density at radius 2 is 1.00 bits per heavy atom. The Bertz CT molecular complexity index is 4230. The predicted molar refractivity (Wildman–Crippen MR) is 289 cm³/mol. The van der Waals surface area contributed by atoms with Crippen LogP contribution in [0.15, 0.2) is 247 Å². The van der Waals surface area contributed by atoms with Crippen LogP contribution in [0, 0.1) is 0 Å². The Kier molecular flexibility index (Phi) is 8.76. The van der Waals surface area contributed by atoms with Gasteiger partial charge in [0.2, 0.25) is 0 Å². The van der Waals surface area contributed by atoms with Gasteiger partial charge >= 0.3 is 0 Å². The summed E-state index contributed by atoms with van der Waals surface area (Å²) in [6.07, 6.45) is 0. The molecular formula is C64H40N2OS. The normalized spacial score (nSPS) is 11.8. The molecule has 0 saturated carbocycles. The van der Waals surface area contributed by atoms with E-state index in [9.17, 15) is 0 Å². The standard InChI is InChI=1S/C64H40N2OS/c1-2-16-43-37-44(32-31-41(43)15-1)42-33-35-46(36-34-42)65(47-18-13-17-45(38-47)49-24-14-25-55-53-22-6-11-29-61(53)67-63(49)55)48-39-56(64-57(40-48)54-23-7-12-30-62(54)68-64)52-21-5-10-28-60(52)66-58-26-8-3-19-50(58)51-20-4-9-27-59(51)66/h1-40H. The summed E-state index contributed by atoms with van der Waals surface area (Å²) in [6.45, 7) is 0. The topological polar surface area (TPSA) is 21.3 Å². The van der Waals surface area contributed by atoms with E-state index >= 15 is 0 Å². The summed E-state index contributed by atoms with van der Waals surface area (Å²) in [5.41, 5.74) is 15.4. The summed E-state index contributed by atoms with van der Waals surface area (Å²) in [6, 6.07) is 88.4. The molecule has 14 rings (SSSR count). The highest BCUT2D eigenvalue weighted by molar-refractivity contribution is 7.26. The summed E-state index contributed by atoms with van der Waals surface area (Å²) in [7, 11) is 0. The fourth-order valence-electron chi connectivity index (χ4n) is 10.6. The number of hydrogen-bond acceptors (Lipinski definition) is 3. The van der Waals surface area contributed by atoms with Crippen LogP contribution in [0.5, 0.6) is 0 Å². The van der Waals surface area contributed by atoms with Crippen LogP contribution < -0.4 is 4.90 Å². The zero-order chi connectivity index (χ0) is 44.7. The van der Waals surface area contributed by atoms with Crippen LogP contribution in [0.3, 0.4) is 0 Å². The zero-order valence-corrected chi connectivity index (χ0v) is 37.6. The average molecular weight is 885 g/mol. The lowest BCUT2D eigenvalue weighted by Gasteiger charge is -2.27. The van der Waals surface area contributed by atoms with Crippen molar-refractivity contribution in [1.82, 2.24) is 4.57 Å². The van der Waals surface area contributed by atoms with Gasteiger partial charge in [0.15, 0.2) is 0 Å². The first-order chi connectivity index (χ1) is 33.7. The lowest BCUT2D eigenvalue weighted by atomic mass is 9.98. The second-order valence-electron chi connectivity index (χ2n) is 17.6. The van der Waals surface area contributed by atoms with Crippen molar-refractivity contribution in [3.63, 3.8) is 0 Å². The minimum Gasteiger partial charge on any atom is -0.455 e. The van der Waals surface area contributed by atoms with Crippen LogP contribution >= 0.6 is 11.3 Å². The Hall–Kier alpha value is -8.70. The summed E-state index contributed by atoms with van der Waals surface area (Å²) in [5, 5.41) is 9.69. The third kappa shape index (κ3) is 6.12. The number of aromatic nitrogens is 1. The number of nitrogens with zero attached hydrogens (tertiary/aromatic N) is 2. The number of furan rings is 1. The number of hydrogen-bond donors (Lipinski definition) is 0. The highest BCUT2D eigenvalue weighted by Gasteiger charge is 2.23. The molecule has 0 radical (unpaired) electrons. The van der Waals surface area contributed by atoms with Crippen molar-refractivity contribution in [2.45, 2.75) is 0 Å². The van der Waals surface area contributed by atoms with Crippen LogP contribution in [-0.4, -0.2) is 4.57 Å². The minimum absolute atomic E-state index is 0.893. The van der Waals surface area contributed by atoms with Crippen molar-refractivity contribution >= 4 is 103 Å². The number of para-hydroxylation sites is 5. The molecule has 0 bridgehead atoms. The molecule has 0 unspecified atom stereocenters. The van der Waals surface area contributed by atoms with E-state index < -0.39 is 0 Å². The van der Waals surface area contributed by atoms with Crippen LogP contribution in [0.1, 0.15) is 0 Å². The molecule has 0 aliphatic carbocycles. The van der Waals surface area contributed by atoms with E-state index in [2.05, 4.69) is 246 Å². The van der Waals surface area contributed by atoms with Crippen LogP contribution in [-0.2, 0) is 0 Å². The monoisotopic (exact) mass is 884 g/mol. The van der Waals surface area contributed by atoms with Crippen molar-refractivity contribution in [1.29, 1.82) is 0 Å². The fourth-order valence-corrected chi connectivity index (χ4v) is 11.8.